The van der Waals surface area contributed by atoms with Crippen LogP contribution in [0.5, 0.6) is 0 Å². The lowest BCUT2D eigenvalue weighted by Crippen LogP contribution is -2.30. The van der Waals surface area contributed by atoms with Crippen molar-refractivity contribution in [3.63, 3.8) is 0 Å². The van der Waals surface area contributed by atoms with Gasteiger partial charge in [0.2, 0.25) is 11.8 Å². The van der Waals surface area contributed by atoms with Gasteiger partial charge < -0.3 is 15.8 Å². The third-order valence-corrected chi connectivity index (χ3v) is 5.80. The van der Waals surface area contributed by atoms with E-state index in [1.807, 2.05) is 66.5 Å². The Labute approximate surface area is 209 Å². The molecule has 4 rings (SSSR count). The summed E-state index contributed by atoms with van der Waals surface area (Å²) in [5.74, 6) is -1.66. The molecule has 1 atom stereocenters. The van der Waals surface area contributed by atoms with Crippen molar-refractivity contribution in [1.29, 1.82) is 0 Å². The predicted molar refractivity (Wildman–Crippen MR) is 138 cm³/mol. The van der Waals surface area contributed by atoms with E-state index in [-0.39, 0.29) is 25.0 Å². The SMILES string of the molecule is CCOC(=O)c1ccc2c(c1)NC(=O)C2C(=Nc1ccc(CN(C)CC(N)=O)cc1)c1ccccc1. The Bertz CT molecular complexity index is 1300. The molecule has 0 radical (unpaired) electrons. The van der Waals surface area contributed by atoms with Gasteiger partial charge in [0.05, 0.1) is 30.1 Å². The molecule has 0 saturated carbocycles. The number of nitrogens with one attached hydrogen (secondary N) is 1. The molecule has 1 unspecified atom stereocenters. The maximum absolute atomic E-state index is 13.2. The molecule has 8 heteroatoms. The zero-order valence-electron chi connectivity index (χ0n) is 20.2. The van der Waals surface area contributed by atoms with E-state index in [1.165, 1.54) is 0 Å². The van der Waals surface area contributed by atoms with Gasteiger partial charge in [-0.2, -0.15) is 0 Å². The van der Waals surface area contributed by atoms with Gasteiger partial charge >= 0.3 is 5.97 Å². The van der Waals surface area contributed by atoms with Crippen LogP contribution >= 0.6 is 0 Å². The quantitative estimate of drug-likeness (QED) is 0.356. The molecule has 3 N–H and O–H groups in total. The Balaban J connectivity index is 1.68. The number of anilines is 1. The Morgan fingerprint density at radius 2 is 1.75 bits per heavy atom. The lowest BCUT2D eigenvalue weighted by molar-refractivity contribution is -0.119. The molecular weight excluding hydrogens is 456 g/mol. The highest BCUT2D eigenvalue weighted by Gasteiger charge is 2.36. The van der Waals surface area contributed by atoms with Crippen LogP contribution in [0.1, 0.15) is 39.9 Å². The summed E-state index contributed by atoms with van der Waals surface area (Å²) >= 11 is 0. The molecule has 36 heavy (non-hydrogen) atoms. The van der Waals surface area contributed by atoms with Gasteiger partial charge in [-0.3, -0.25) is 19.5 Å². The minimum Gasteiger partial charge on any atom is -0.462 e. The summed E-state index contributed by atoms with van der Waals surface area (Å²) in [6.07, 6.45) is 0. The fourth-order valence-electron chi connectivity index (χ4n) is 4.23. The summed E-state index contributed by atoms with van der Waals surface area (Å²) in [5.41, 5.74) is 10.1. The van der Waals surface area contributed by atoms with Crippen LogP contribution in [0.15, 0.2) is 77.8 Å². The van der Waals surface area contributed by atoms with Crippen molar-refractivity contribution in [3.8, 4) is 0 Å². The van der Waals surface area contributed by atoms with Gasteiger partial charge in [-0.05, 0) is 54.9 Å². The standard InChI is InChI=1S/C28H28N4O4/c1-3-36-28(35)20-11-14-22-23(15-20)31-27(34)25(22)26(19-7-5-4-6-8-19)30-21-12-9-18(10-13-21)16-32(2)17-24(29)33/h4-15,25H,3,16-17H2,1-2H3,(H2,29,33)(H,31,34). The Morgan fingerprint density at radius 3 is 2.42 bits per heavy atom. The van der Waals surface area contributed by atoms with Crippen LogP contribution < -0.4 is 11.1 Å². The number of benzene rings is 3. The number of ether oxygens (including phenoxy) is 1. The first-order valence-corrected chi connectivity index (χ1v) is 11.7. The largest absolute Gasteiger partial charge is 0.462 e. The van der Waals surface area contributed by atoms with Crippen molar-refractivity contribution in [3.05, 3.63) is 95.1 Å². The summed E-state index contributed by atoms with van der Waals surface area (Å²) in [7, 11) is 1.83. The average molecular weight is 485 g/mol. The van der Waals surface area contributed by atoms with Gasteiger partial charge in [0.15, 0.2) is 0 Å². The lowest BCUT2D eigenvalue weighted by Gasteiger charge is -2.15. The molecule has 0 spiro atoms. The molecule has 184 valence electrons. The van der Waals surface area contributed by atoms with Gasteiger partial charge in [-0.1, -0.05) is 48.5 Å². The number of amides is 2. The zero-order chi connectivity index (χ0) is 25.7. The second-order valence-electron chi connectivity index (χ2n) is 8.61. The first-order valence-electron chi connectivity index (χ1n) is 11.7. The number of rotatable bonds is 9. The molecule has 1 aliphatic heterocycles. The number of hydrogen-bond donors (Lipinski definition) is 2. The van der Waals surface area contributed by atoms with Crippen molar-refractivity contribution in [2.75, 3.05) is 25.5 Å². The summed E-state index contributed by atoms with van der Waals surface area (Å²) in [6.45, 7) is 2.76. The molecule has 3 aromatic carbocycles. The number of carbonyl (C=O) groups excluding carboxylic acids is 3. The molecule has 1 aliphatic rings. The second kappa shape index (κ2) is 11.0. The third kappa shape index (κ3) is 5.67. The number of hydrogen-bond acceptors (Lipinski definition) is 6. The lowest BCUT2D eigenvalue weighted by atomic mass is 9.90. The summed E-state index contributed by atoms with van der Waals surface area (Å²) in [4.78, 5) is 43.2. The maximum Gasteiger partial charge on any atom is 0.338 e. The Kier molecular flexibility index (Phi) is 7.56. The molecule has 0 bridgehead atoms. The number of nitrogens with zero attached hydrogens (tertiary/aromatic N) is 2. The van der Waals surface area contributed by atoms with E-state index < -0.39 is 11.9 Å². The molecule has 0 saturated heterocycles. The average Bonchev–Trinajstić information content (AvgIpc) is 3.18. The first kappa shape index (κ1) is 24.8. The van der Waals surface area contributed by atoms with Gasteiger partial charge in [0.1, 0.15) is 5.92 Å². The molecule has 2 amide bonds. The van der Waals surface area contributed by atoms with Crippen LogP contribution in [0, 0.1) is 0 Å². The molecule has 0 aromatic heterocycles. The summed E-state index contributed by atoms with van der Waals surface area (Å²) < 4.78 is 5.09. The number of aliphatic imine (C=N–C) groups is 1. The summed E-state index contributed by atoms with van der Waals surface area (Å²) in [6, 6.07) is 22.3. The van der Waals surface area contributed by atoms with Crippen molar-refractivity contribution < 1.29 is 19.1 Å². The monoisotopic (exact) mass is 484 g/mol. The van der Waals surface area contributed by atoms with Crippen LogP contribution in [-0.4, -0.2) is 48.6 Å². The smallest absolute Gasteiger partial charge is 0.338 e. The number of esters is 1. The van der Waals surface area contributed by atoms with Crippen LogP contribution in [0.4, 0.5) is 11.4 Å². The zero-order valence-corrected chi connectivity index (χ0v) is 20.2. The first-order chi connectivity index (χ1) is 17.4. The number of primary amides is 1. The van der Waals surface area contributed by atoms with E-state index in [0.717, 1.165) is 16.7 Å². The minimum atomic E-state index is -0.639. The highest BCUT2D eigenvalue weighted by atomic mass is 16.5. The maximum atomic E-state index is 13.2. The number of fused-ring (bicyclic) bond motifs is 1. The van der Waals surface area contributed by atoms with Crippen LogP contribution in [0.25, 0.3) is 0 Å². The van der Waals surface area contributed by atoms with E-state index in [9.17, 15) is 14.4 Å². The number of nitrogens with two attached hydrogens (primary N) is 1. The Hall–Kier alpha value is -4.30. The normalized spacial score (nSPS) is 14.9. The third-order valence-electron chi connectivity index (χ3n) is 5.80. The van der Waals surface area contributed by atoms with Gasteiger partial charge in [0, 0.05) is 12.2 Å². The fourth-order valence-corrected chi connectivity index (χ4v) is 4.23. The van der Waals surface area contributed by atoms with Crippen molar-refractivity contribution >= 4 is 34.9 Å². The molecule has 0 fully saturated rings. The van der Waals surface area contributed by atoms with E-state index >= 15 is 0 Å². The fraction of sp³-hybridized carbons (Fsp3) is 0.214. The van der Waals surface area contributed by atoms with Gasteiger partial charge in [-0.25, -0.2) is 4.79 Å². The number of carbonyl (C=O) groups is 3. The van der Waals surface area contributed by atoms with Gasteiger partial charge in [0.25, 0.3) is 0 Å². The minimum absolute atomic E-state index is 0.173. The number of likely N-dealkylation sites (N-methyl/N-ethyl adjacent to an activating group) is 1. The molecule has 8 nitrogen and oxygen atoms in total. The van der Waals surface area contributed by atoms with Crippen LogP contribution in [-0.2, 0) is 20.9 Å². The predicted octanol–water partition coefficient (Wildman–Crippen LogP) is 3.64. The van der Waals surface area contributed by atoms with Crippen molar-refractivity contribution in [2.24, 2.45) is 10.7 Å². The van der Waals surface area contributed by atoms with Crippen LogP contribution in [0.2, 0.25) is 0 Å². The topological polar surface area (TPSA) is 114 Å². The van der Waals surface area contributed by atoms with E-state index in [2.05, 4.69) is 5.32 Å². The van der Waals surface area contributed by atoms with Crippen molar-refractivity contribution in [1.82, 2.24) is 4.90 Å². The highest BCUT2D eigenvalue weighted by Crippen LogP contribution is 2.37. The molecule has 3 aromatic rings. The molecule has 1 heterocycles. The van der Waals surface area contributed by atoms with E-state index in [0.29, 0.717) is 29.2 Å². The molecular formula is C28H28N4O4. The highest BCUT2D eigenvalue weighted by molar-refractivity contribution is 6.24. The van der Waals surface area contributed by atoms with Crippen LogP contribution in [0.3, 0.4) is 0 Å². The van der Waals surface area contributed by atoms with E-state index in [4.69, 9.17) is 15.5 Å². The van der Waals surface area contributed by atoms with E-state index in [1.54, 1.807) is 25.1 Å². The second-order valence-corrected chi connectivity index (χ2v) is 8.61. The molecule has 0 aliphatic carbocycles. The van der Waals surface area contributed by atoms with Crippen molar-refractivity contribution in [2.45, 2.75) is 19.4 Å². The van der Waals surface area contributed by atoms with Gasteiger partial charge in [-0.15, -0.1) is 0 Å². The Morgan fingerprint density at radius 1 is 1.03 bits per heavy atom. The summed E-state index contributed by atoms with van der Waals surface area (Å²) in [5, 5.41) is 2.90.